The Morgan fingerprint density at radius 1 is 1.14 bits per heavy atom. The van der Waals surface area contributed by atoms with Crippen molar-refractivity contribution < 1.29 is 13.2 Å². The highest BCUT2D eigenvalue weighted by Crippen LogP contribution is 2.30. The number of sulfone groups is 1. The third-order valence-electron chi connectivity index (χ3n) is 5.15. The molecular weight excluding hydrogens is 300 g/mol. The first-order valence-corrected chi connectivity index (χ1v) is 10.2. The first-order chi connectivity index (χ1) is 10.4. The van der Waals surface area contributed by atoms with Crippen molar-refractivity contribution in [2.45, 2.75) is 68.9 Å². The van der Waals surface area contributed by atoms with Crippen LogP contribution in [0.25, 0.3) is 0 Å². The van der Waals surface area contributed by atoms with E-state index in [0.29, 0.717) is 12.8 Å². The summed E-state index contributed by atoms with van der Waals surface area (Å²) in [5, 5.41) is 2.02. The number of carbonyl (C=O) groups is 1. The fourth-order valence-corrected chi connectivity index (χ4v) is 6.37. The number of hydrogen-bond acceptors (Lipinski definition) is 4. The highest BCUT2D eigenvalue weighted by Gasteiger charge is 2.43. The van der Waals surface area contributed by atoms with E-state index < -0.39 is 15.1 Å². The van der Waals surface area contributed by atoms with E-state index in [0.717, 1.165) is 38.8 Å². The second-order valence-electron chi connectivity index (χ2n) is 7.11. The van der Waals surface area contributed by atoms with Crippen LogP contribution in [0, 0.1) is 5.92 Å². The van der Waals surface area contributed by atoms with Crippen LogP contribution in [0.2, 0.25) is 0 Å². The van der Waals surface area contributed by atoms with Crippen molar-refractivity contribution in [2.75, 3.05) is 20.1 Å². The van der Waals surface area contributed by atoms with Crippen molar-refractivity contribution in [3.63, 3.8) is 0 Å². The van der Waals surface area contributed by atoms with Crippen molar-refractivity contribution in [1.82, 2.24) is 10.2 Å². The van der Waals surface area contributed by atoms with Gasteiger partial charge in [-0.1, -0.05) is 33.1 Å². The minimum Gasteiger partial charge on any atom is -0.340 e. The van der Waals surface area contributed by atoms with Crippen LogP contribution in [0.3, 0.4) is 0 Å². The van der Waals surface area contributed by atoms with Gasteiger partial charge in [0.1, 0.15) is 5.25 Å². The van der Waals surface area contributed by atoms with Gasteiger partial charge in [-0.05, 0) is 31.7 Å². The number of amides is 1. The van der Waals surface area contributed by atoms with Crippen molar-refractivity contribution >= 4 is 15.7 Å². The maximum Gasteiger partial charge on any atom is 0.241 e. The van der Waals surface area contributed by atoms with E-state index in [2.05, 4.69) is 5.32 Å². The predicted octanol–water partition coefficient (Wildman–Crippen LogP) is 1.58. The lowest BCUT2D eigenvalue weighted by Gasteiger charge is -2.33. The zero-order valence-corrected chi connectivity index (χ0v) is 14.9. The molecule has 1 amide bonds. The van der Waals surface area contributed by atoms with Gasteiger partial charge in [0.25, 0.3) is 0 Å². The van der Waals surface area contributed by atoms with Gasteiger partial charge in [0.05, 0.1) is 5.25 Å². The molecule has 5 nitrogen and oxygen atoms in total. The smallest absolute Gasteiger partial charge is 0.241 e. The van der Waals surface area contributed by atoms with Crippen molar-refractivity contribution in [1.29, 1.82) is 0 Å². The summed E-state index contributed by atoms with van der Waals surface area (Å²) in [5.41, 5.74) is 0. The normalized spacial score (nSPS) is 25.4. The molecule has 2 aliphatic rings. The summed E-state index contributed by atoms with van der Waals surface area (Å²) in [6.45, 7) is 5.36. The maximum absolute atomic E-state index is 13.0. The second kappa shape index (κ2) is 7.30. The molecule has 22 heavy (non-hydrogen) atoms. The van der Waals surface area contributed by atoms with E-state index in [1.165, 1.54) is 0 Å². The molecule has 2 unspecified atom stereocenters. The number of carbonyl (C=O) groups excluding carboxylic acids is 1. The maximum atomic E-state index is 13.0. The highest BCUT2D eigenvalue weighted by molar-refractivity contribution is 7.93. The third-order valence-corrected chi connectivity index (χ3v) is 8.00. The summed E-state index contributed by atoms with van der Waals surface area (Å²) < 4.78 is 26.0. The molecule has 1 saturated carbocycles. The average Bonchev–Trinajstić information content (AvgIpc) is 3.01. The van der Waals surface area contributed by atoms with Crippen molar-refractivity contribution in [3.8, 4) is 0 Å². The summed E-state index contributed by atoms with van der Waals surface area (Å²) in [4.78, 5) is 14.6. The molecule has 2 fully saturated rings. The average molecular weight is 330 g/mol. The van der Waals surface area contributed by atoms with Crippen LogP contribution in [-0.4, -0.2) is 55.9 Å². The minimum atomic E-state index is -3.41. The van der Waals surface area contributed by atoms with Crippen LogP contribution in [0.15, 0.2) is 0 Å². The van der Waals surface area contributed by atoms with Gasteiger partial charge < -0.3 is 10.2 Å². The quantitative estimate of drug-likeness (QED) is 0.831. The van der Waals surface area contributed by atoms with E-state index in [1.807, 2.05) is 13.8 Å². The molecule has 1 saturated heterocycles. The Morgan fingerprint density at radius 3 is 2.27 bits per heavy atom. The van der Waals surface area contributed by atoms with Crippen molar-refractivity contribution in [3.05, 3.63) is 0 Å². The van der Waals surface area contributed by atoms with Crippen LogP contribution in [0.4, 0.5) is 0 Å². The molecule has 1 aliphatic carbocycles. The third kappa shape index (κ3) is 3.65. The summed E-state index contributed by atoms with van der Waals surface area (Å²) in [6, 6.07) is 0.121. The lowest BCUT2D eigenvalue weighted by Crippen LogP contribution is -2.51. The Kier molecular flexibility index (Phi) is 5.88. The largest absolute Gasteiger partial charge is 0.340 e. The molecule has 0 aromatic carbocycles. The van der Waals surface area contributed by atoms with E-state index in [-0.39, 0.29) is 23.1 Å². The van der Waals surface area contributed by atoms with Crippen LogP contribution >= 0.6 is 0 Å². The number of likely N-dealkylation sites (N-methyl/N-ethyl adjacent to an activating group) is 1. The Hall–Kier alpha value is -0.620. The zero-order valence-electron chi connectivity index (χ0n) is 14.0. The molecule has 2 rings (SSSR count). The number of nitrogens with one attached hydrogen (secondary N) is 1. The lowest BCUT2D eigenvalue weighted by atomic mass is 10.0. The van der Waals surface area contributed by atoms with Crippen LogP contribution < -0.4 is 5.32 Å². The fourth-order valence-electron chi connectivity index (χ4n) is 3.76. The molecule has 0 radical (unpaired) electrons. The molecule has 0 bridgehead atoms. The second-order valence-corrected chi connectivity index (χ2v) is 9.46. The van der Waals surface area contributed by atoms with Gasteiger partial charge in [-0.3, -0.25) is 4.79 Å². The number of nitrogens with zero attached hydrogens (tertiary/aromatic N) is 1. The molecule has 0 spiro atoms. The standard InChI is InChI=1S/C16H30N2O3S/c1-12(2)15(16(19)18(3)13-9-10-17-11-13)22(20,21)14-7-5-4-6-8-14/h12-15,17H,4-11H2,1-3H3. The Balaban J connectivity index is 2.19. The molecule has 1 heterocycles. The summed E-state index contributed by atoms with van der Waals surface area (Å²) in [6.07, 6.45) is 5.37. The van der Waals surface area contributed by atoms with Gasteiger partial charge in [-0.25, -0.2) is 8.42 Å². The summed E-state index contributed by atoms with van der Waals surface area (Å²) >= 11 is 0. The zero-order chi connectivity index (χ0) is 16.3. The van der Waals surface area contributed by atoms with Gasteiger partial charge in [-0.2, -0.15) is 0 Å². The Morgan fingerprint density at radius 2 is 1.77 bits per heavy atom. The van der Waals surface area contributed by atoms with E-state index >= 15 is 0 Å². The van der Waals surface area contributed by atoms with Gasteiger partial charge in [0, 0.05) is 19.6 Å². The predicted molar refractivity (Wildman–Crippen MR) is 88.5 cm³/mol. The first-order valence-electron chi connectivity index (χ1n) is 8.55. The van der Waals surface area contributed by atoms with Gasteiger partial charge in [0.15, 0.2) is 9.84 Å². The molecular formula is C16H30N2O3S. The van der Waals surface area contributed by atoms with Gasteiger partial charge in [-0.15, -0.1) is 0 Å². The number of hydrogen-bond donors (Lipinski definition) is 1. The lowest BCUT2D eigenvalue weighted by molar-refractivity contribution is -0.131. The van der Waals surface area contributed by atoms with Crippen LogP contribution in [0.5, 0.6) is 0 Å². The SMILES string of the molecule is CC(C)C(C(=O)N(C)C1CCNC1)S(=O)(=O)C1CCCCC1. The fraction of sp³-hybridized carbons (Fsp3) is 0.938. The summed E-state index contributed by atoms with van der Waals surface area (Å²) in [5.74, 6) is -0.398. The summed E-state index contributed by atoms with van der Waals surface area (Å²) in [7, 11) is -1.65. The van der Waals surface area contributed by atoms with Gasteiger partial charge in [0.2, 0.25) is 5.91 Å². The monoisotopic (exact) mass is 330 g/mol. The van der Waals surface area contributed by atoms with Crippen LogP contribution in [-0.2, 0) is 14.6 Å². The first kappa shape index (κ1) is 17.7. The molecule has 2 atom stereocenters. The van der Waals surface area contributed by atoms with Crippen molar-refractivity contribution in [2.24, 2.45) is 5.92 Å². The highest BCUT2D eigenvalue weighted by atomic mass is 32.2. The van der Waals surface area contributed by atoms with E-state index in [4.69, 9.17) is 0 Å². The molecule has 0 aromatic heterocycles. The number of rotatable bonds is 5. The Bertz CT molecular complexity index is 478. The molecule has 128 valence electrons. The molecule has 1 aliphatic heterocycles. The van der Waals surface area contributed by atoms with Gasteiger partial charge >= 0.3 is 0 Å². The minimum absolute atomic E-state index is 0.121. The topological polar surface area (TPSA) is 66.5 Å². The molecule has 6 heteroatoms. The van der Waals surface area contributed by atoms with E-state index in [9.17, 15) is 13.2 Å². The Labute approximate surface area is 134 Å². The van der Waals surface area contributed by atoms with E-state index in [1.54, 1.807) is 11.9 Å². The molecule has 1 N–H and O–H groups in total. The van der Waals surface area contributed by atoms with Crippen LogP contribution in [0.1, 0.15) is 52.4 Å². The molecule has 0 aromatic rings.